The van der Waals surface area contributed by atoms with Gasteiger partial charge in [-0.25, -0.2) is 0 Å². The zero-order chi connectivity index (χ0) is 11.8. The second-order valence-electron chi connectivity index (χ2n) is 5.72. The Balaban J connectivity index is 1.90. The van der Waals surface area contributed by atoms with Gasteiger partial charge >= 0.3 is 0 Å². The van der Waals surface area contributed by atoms with Crippen molar-refractivity contribution in [1.29, 1.82) is 0 Å². The average molecular weight is 226 g/mol. The summed E-state index contributed by atoms with van der Waals surface area (Å²) in [6, 6.07) is 0.642. The molecule has 0 aromatic carbocycles. The summed E-state index contributed by atoms with van der Waals surface area (Å²) in [5.41, 5.74) is 0. The van der Waals surface area contributed by atoms with Gasteiger partial charge in [-0.05, 0) is 51.2 Å². The SMILES string of the molecule is CC1CCCN(CCCCCNC(C)C)C1. The van der Waals surface area contributed by atoms with Gasteiger partial charge in [0.15, 0.2) is 0 Å². The maximum Gasteiger partial charge on any atom is 0.00103 e. The number of nitrogens with zero attached hydrogens (tertiary/aromatic N) is 1. The summed E-state index contributed by atoms with van der Waals surface area (Å²) in [7, 11) is 0. The summed E-state index contributed by atoms with van der Waals surface area (Å²) in [5, 5.41) is 3.48. The first-order valence-electron chi connectivity index (χ1n) is 7.14. The Morgan fingerprint density at radius 1 is 1.25 bits per heavy atom. The van der Waals surface area contributed by atoms with Gasteiger partial charge in [0.2, 0.25) is 0 Å². The number of nitrogens with one attached hydrogen (secondary N) is 1. The Kier molecular flexibility index (Phi) is 7.06. The molecule has 1 rings (SSSR count). The fraction of sp³-hybridized carbons (Fsp3) is 1.00. The Morgan fingerprint density at radius 3 is 2.75 bits per heavy atom. The standard InChI is InChI=1S/C14H30N2/c1-13(2)15-9-5-4-6-10-16-11-7-8-14(3)12-16/h13-15H,4-12H2,1-3H3. The van der Waals surface area contributed by atoms with E-state index in [-0.39, 0.29) is 0 Å². The minimum atomic E-state index is 0.642. The van der Waals surface area contributed by atoms with Gasteiger partial charge in [-0.3, -0.25) is 0 Å². The van der Waals surface area contributed by atoms with Crippen molar-refractivity contribution in [2.24, 2.45) is 5.92 Å². The molecule has 16 heavy (non-hydrogen) atoms. The molecule has 1 saturated heterocycles. The smallest absolute Gasteiger partial charge is 0.00103 e. The minimum absolute atomic E-state index is 0.642. The zero-order valence-electron chi connectivity index (χ0n) is 11.5. The van der Waals surface area contributed by atoms with Gasteiger partial charge in [0.25, 0.3) is 0 Å². The summed E-state index contributed by atoms with van der Waals surface area (Å²) in [6.07, 6.45) is 6.95. The van der Waals surface area contributed by atoms with Crippen LogP contribution in [0.2, 0.25) is 0 Å². The number of hydrogen-bond acceptors (Lipinski definition) is 2. The molecule has 0 aromatic rings. The van der Waals surface area contributed by atoms with E-state index in [0.29, 0.717) is 6.04 Å². The molecule has 0 amide bonds. The van der Waals surface area contributed by atoms with Gasteiger partial charge in [-0.2, -0.15) is 0 Å². The monoisotopic (exact) mass is 226 g/mol. The van der Waals surface area contributed by atoms with Crippen LogP contribution in [0.4, 0.5) is 0 Å². The zero-order valence-corrected chi connectivity index (χ0v) is 11.5. The first-order chi connectivity index (χ1) is 7.68. The molecule has 0 aliphatic carbocycles. The normalized spacial score (nSPS) is 22.9. The second-order valence-corrected chi connectivity index (χ2v) is 5.72. The lowest BCUT2D eigenvalue weighted by Gasteiger charge is -2.30. The summed E-state index contributed by atoms with van der Waals surface area (Å²) in [4.78, 5) is 2.66. The van der Waals surface area contributed by atoms with Crippen molar-refractivity contribution in [2.45, 2.75) is 58.9 Å². The molecule has 0 radical (unpaired) electrons. The van der Waals surface area contributed by atoms with Crippen molar-refractivity contribution >= 4 is 0 Å². The molecule has 1 aliphatic heterocycles. The van der Waals surface area contributed by atoms with Crippen molar-refractivity contribution in [3.05, 3.63) is 0 Å². The molecular weight excluding hydrogens is 196 g/mol. The van der Waals surface area contributed by atoms with Crippen LogP contribution in [0.3, 0.4) is 0 Å². The van der Waals surface area contributed by atoms with Gasteiger partial charge < -0.3 is 10.2 Å². The molecule has 96 valence electrons. The van der Waals surface area contributed by atoms with Crippen molar-refractivity contribution in [2.75, 3.05) is 26.2 Å². The Bertz CT molecular complexity index is 168. The number of rotatable bonds is 7. The number of hydrogen-bond donors (Lipinski definition) is 1. The topological polar surface area (TPSA) is 15.3 Å². The molecule has 1 aliphatic rings. The van der Waals surface area contributed by atoms with Crippen molar-refractivity contribution in [1.82, 2.24) is 10.2 Å². The second kappa shape index (κ2) is 8.08. The molecule has 2 nitrogen and oxygen atoms in total. The van der Waals surface area contributed by atoms with Crippen LogP contribution >= 0.6 is 0 Å². The fourth-order valence-electron chi connectivity index (χ4n) is 2.52. The lowest BCUT2D eigenvalue weighted by atomic mass is 10.00. The van der Waals surface area contributed by atoms with Crippen LogP contribution in [-0.4, -0.2) is 37.1 Å². The van der Waals surface area contributed by atoms with Crippen molar-refractivity contribution in [3.63, 3.8) is 0 Å². The summed E-state index contributed by atoms with van der Waals surface area (Å²) in [5.74, 6) is 0.927. The van der Waals surface area contributed by atoms with E-state index in [1.807, 2.05) is 0 Å². The molecule has 1 fully saturated rings. The van der Waals surface area contributed by atoms with E-state index in [9.17, 15) is 0 Å². The van der Waals surface area contributed by atoms with Gasteiger partial charge in [0.05, 0.1) is 0 Å². The molecule has 1 atom stereocenters. The fourth-order valence-corrected chi connectivity index (χ4v) is 2.52. The third-order valence-corrected chi connectivity index (χ3v) is 3.44. The third kappa shape index (κ3) is 6.49. The molecule has 0 spiro atoms. The number of likely N-dealkylation sites (tertiary alicyclic amines) is 1. The predicted octanol–water partition coefficient (Wildman–Crippen LogP) is 2.89. The van der Waals surface area contributed by atoms with Crippen molar-refractivity contribution in [3.8, 4) is 0 Å². The van der Waals surface area contributed by atoms with Gasteiger partial charge in [-0.1, -0.05) is 27.2 Å². The molecule has 1 heterocycles. The molecule has 1 unspecified atom stereocenters. The molecule has 0 bridgehead atoms. The van der Waals surface area contributed by atoms with E-state index >= 15 is 0 Å². The van der Waals surface area contributed by atoms with E-state index in [2.05, 4.69) is 31.0 Å². The molecule has 2 heteroatoms. The number of unbranched alkanes of at least 4 members (excludes halogenated alkanes) is 2. The lowest BCUT2D eigenvalue weighted by Crippen LogP contribution is -2.35. The molecular formula is C14H30N2. The minimum Gasteiger partial charge on any atom is -0.315 e. The first-order valence-corrected chi connectivity index (χ1v) is 7.14. The van der Waals surface area contributed by atoms with Crippen LogP contribution < -0.4 is 5.32 Å². The number of piperidine rings is 1. The predicted molar refractivity (Wildman–Crippen MR) is 71.8 cm³/mol. The van der Waals surface area contributed by atoms with Gasteiger partial charge in [-0.15, -0.1) is 0 Å². The highest BCUT2D eigenvalue weighted by atomic mass is 15.1. The maximum absolute atomic E-state index is 3.48. The van der Waals surface area contributed by atoms with E-state index in [4.69, 9.17) is 0 Å². The Morgan fingerprint density at radius 2 is 2.06 bits per heavy atom. The Hall–Kier alpha value is -0.0800. The summed E-state index contributed by atoms with van der Waals surface area (Å²) >= 11 is 0. The average Bonchev–Trinajstić information content (AvgIpc) is 2.23. The van der Waals surface area contributed by atoms with Gasteiger partial charge in [0, 0.05) is 12.6 Å². The van der Waals surface area contributed by atoms with E-state index in [0.717, 1.165) is 5.92 Å². The largest absolute Gasteiger partial charge is 0.315 e. The lowest BCUT2D eigenvalue weighted by molar-refractivity contribution is 0.181. The first kappa shape index (κ1) is 14.0. The highest BCUT2D eigenvalue weighted by molar-refractivity contribution is 4.69. The van der Waals surface area contributed by atoms with E-state index in [1.54, 1.807) is 0 Å². The highest BCUT2D eigenvalue weighted by Gasteiger charge is 2.14. The maximum atomic E-state index is 3.48. The van der Waals surface area contributed by atoms with Crippen LogP contribution in [0.25, 0.3) is 0 Å². The molecule has 0 aromatic heterocycles. The Labute approximate surface area is 102 Å². The van der Waals surface area contributed by atoms with Crippen LogP contribution in [0.1, 0.15) is 52.9 Å². The van der Waals surface area contributed by atoms with Crippen molar-refractivity contribution < 1.29 is 0 Å². The van der Waals surface area contributed by atoms with Gasteiger partial charge in [0.1, 0.15) is 0 Å². The quantitative estimate of drug-likeness (QED) is 0.672. The summed E-state index contributed by atoms with van der Waals surface area (Å²) in [6.45, 7) is 12.0. The van der Waals surface area contributed by atoms with Crippen LogP contribution in [-0.2, 0) is 0 Å². The van der Waals surface area contributed by atoms with Crippen LogP contribution in [0.15, 0.2) is 0 Å². The van der Waals surface area contributed by atoms with Crippen LogP contribution in [0.5, 0.6) is 0 Å². The third-order valence-electron chi connectivity index (χ3n) is 3.44. The van der Waals surface area contributed by atoms with E-state index < -0.39 is 0 Å². The molecule has 1 N–H and O–H groups in total. The summed E-state index contributed by atoms with van der Waals surface area (Å²) < 4.78 is 0. The highest BCUT2D eigenvalue weighted by Crippen LogP contribution is 2.15. The van der Waals surface area contributed by atoms with E-state index in [1.165, 1.54) is 58.3 Å². The molecule has 0 saturated carbocycles. The van der Waals surface area contributed by atoms with Crippen LogP contribution in [0, 0.1) is 5.92 Å².